The molecule has 0 aromatic heterocycles. The van der Waals surface area contributed by atoms with E-state index in [0.717, 1.165) is 29.7 Å². The molecule has 3 amide bonds. The van der Waals surface area contributed by atoms with Crippen molar-refractivity contribution in [3.05, 3.63) is 198 Å². The van der Waals surface area contributed by atoms with Crippen LogP contribution in [-0.4, -0.2) is 81.4 Å². The number of carbonyl (C=O) groups is 6. The zero-order chi connectivity index (χ0) is 61.0. The summed E-state index contributed by atoms with van der Waals surface area (Å²) in [6, 6.07) is 40.2. The Kier molecular flexibility index (Phi) is 30.1. The Morgan fingerprint density at radius 1 is 0.530 bits per heavy atom. The number of nitrogens with one attached hydrogen (secondary N) is 3. The van der Waals surface area contributed by atoms with Crippen molar-refractivity contribution in [1.29, 1.82) is 0 Å². The van der Waals surface area contributed by atoms with Gasteiger partial charge in [-0.25, -0.2) is 39.5 Å². The van der Waals surface area contributed by atoms with Crippen molar-refractivity contribution < 1.29 is 131 Å². The maximum Gasteiger partial charge on any atom is 1.00 e. The monoisotopic (exact) mass is 1370 g/mol. The number of halogens is 3. The van der Waals surface area contributed by atoms with Crippen molar-refractivity contribution in [3.63, 3.8) is 0 Å². The van der Waals surface area contributed by atoms with E-state index in [0.29, 0.717) is 38.4 Å². The first-order valence-electron chi connectivity index (χ1n) is 22.0. The first-order chi connectivity index (χ1) is 37.9. The third-order valence-corrected chi connectivity index (χ3v) is 15.2. The second kappa shape index (κ2) is 33.8. The third kappa shape index (κ3) is 22.5. The standard InChI is InChI=1S/C19H15BrN2O4S.C12H10N2O5S.C10H6ClNO4S.C7H5BrO2.C2H4O2.CH2O2.K.H3N/c1-12(23)22-27(25,26)17-7-3-5-13-4-2-6-16(18(13)17)21-19(24)14-8-10-15(20)11-9-14;1-8(15)13-20(18,19)11-7-3-5-9-4-2-6-10(12(9)11)14(16)17;11-17(15,16)9-6-2-4-7-3-1-5-8(10(7)9)12(13)14;8-6-3-1-5(2-4-6)7(9)10;1-2(3)4;2-1-3;;/h2-11H,1H3,(H,21,24)(H,22,23);2-7H,1H3,(H,13,15);1-6H;1-4H,(H,9,10);1H3,(H,3,4);1H,(H,2,3);;1H3/q;;;;;;+1;/p-1. The molecule has 0 spiro atoms. The SMILES string of the molecule is CC(=O)NS(=O)(=O)c1cccc2cccc(NC(=O)c3ccc(Br)cc3)c12.CC(=O)NS(=O)(=O)c1cccc2cccc([N+](=O)[O-])c12.CC(=O)O.N.O=C(O)c1ccc(Br)cc1.O=C[O-].O=[N+]([O-])c1cccc2cccc(S(=O)(=O)Cl)c12.[K+]. The topological polar surface area (TPSA) is 426 Å². The number of anilines is 1. The van der Waals surface area contributed by atoms with Crippen molar-refractivity contribution in [1.82, 2.24) is 15.6 Å². The number of nitrogens with zero attached hydrogens (tertiary/aromatic N) is 2. The summed E-state index contributed by atoms with van der Waals surface area (Å²) in [6.45, 7) is 2.76. The molecule has 8 rings (SSSR count). The average molecular weight is 1380 g/mol. The van der Waals surface area contributed by atoms with E-state index in [4.69, 9.17) is 35.6 Å². The van der Waals surface area contributed by atoms with Gasteiger partial charge >= 0.3 is 57.4 Å². The van der Waals surface area contributed by atoms with Crippen molar-refractivity contribution in [2.45, 2.75) is 35.5 Å². The van der Waals surface area contributed by atoms with Crippen LogP contribution in [0.2, 0.25) is 0 Å². The molecule has 0 atom stereocenters. The second-order valence-electron chi connectivity index (χ2n) is 15.6. The second-order valence-corrected chi connectivity index (χ2v) is 23.3. The fraction of sp³-hybridized carbons (Fsp3) is 0.0588. The molecule has 8 aromatic rings. The van der Waals surface area contributed by atoms with Gasteiger partial charge in [0.15, 0.2) is 0 Å². The Hall–Kier alpha value is -7.14. The molecule has 0 aliphatic carbocycles. The molecule has 0 saturated carbocycles. The predicted octanol–water partition coefficient (Wildman–Crippen LogP) is 5.70. The van der Waals surface area contributed by atoms with E-state index in [1.807, 2.05) is 4.72 Å². The number of nitro benzene ring substituents is 2. The molecule has 0 aliphatic rings. The van der Waals surface area contributed by atoms with E-state index in [2.05, 4.69) is 37.2 Å². The number of fused-ring (bicyclic) bond motifs is 3. The first kappa shape index (κ1) is 73.9. The van der Waals surface area contributed by atoms with E-state index in [1.165, 1.54) is 54.6 Å². The Labute approximate surface area is 536 Å². The predicted molar refractivity (Wildman–Crippen MR) is 308 cm³/mol. The van der Waals surface area contributed by atoms with Crippen molar-refractivity contribution in [2.75, 3.05) is 5.32 Å². The Bertz CT molecular complexity index is 4040. The number of aliphatic carboxylic acids is 1. The molecule has 8 aromatic carbocycles. The van der Waals surface area contributed by atoms with Gasteiger partial charge in [-0.2, -0.15) is 0 Å². The van der Waals surface area contributed by atoms with E-state index >= 15 is 0 Å². The van der Waals surface area contributed by atoms with Crippen molar-refractivity contribution >= 4 is 157 Å². The molecule has 0 fully saturated rings. The van der Waals surface area contributed by atoms with Crippen LogP contribution in [0.5, 0.6) is 0 Å². The van der Waals surface area contributed by atoms with Crippen molar-refractivity contribution in [2.24, 2.45) is 0 Å². The number of aromatic carboxylic acids is 1. The summed E-state index contributed by atoms with van der Waals surface area (Å²) >= 11 is 6.51. The number of carboxylic acids is 2. The van der Waals surface area contributed by atoms with E-state index in [1.54, 1.807) is 108 Å². The zero-order valence-corrected chi connectivity index (χ0v) is 52.9. The largest absolute Gasteiger partial charge is 1.00 e. The number of hydrogen-bond donors (Lipinski definition) is 6. The van der Waals surface area contributed by atoms with Crippen LogP contribution in [0.15, 0.2) is 181 Å². The normalized spacial score (nSPS) is 10.3. The first-order valence-corrected chi connectivity index (χ1v) is 28.9. The third-order valence-electron chi connectivity index (χ3n) is 9.79. The number of rotatable bonds is 10. The van der Waals surface area contributed by atoms with Crippen LogP contribution in [0.1, 0.15) is 41.5 Å². The molecule has 0 unspecified atom stereocenters. The smallest absolute Gasteiger partial charge is 0.554 e. The molecule has 0 heterocycles. The molecule has 8 N–H and O–H groups in total. The Morgan fingerprint density at radius 2 is 0.831 bits per heavy atom. The molecule has 83 heavy (non-hydrogen) atoms. The van der Waals surface area contributed by atoms with E-state index in [-0.39, 0.29) is 100 Å². The van der Waals surface area contributed by atoms with Gasteiger partial charge in [0.2, 0.25) is 11.8 Å². The van der Waals surface area contributed by atoms with Gasteiger partial charge in [0.1, 0.15) is 4.90 Å². The quantitative estimate of drug-likeness (QED) is 0.0314. The van der Waals surface area contributed by atoms with Gasteiger partial charge in [0.25, 0.3) is 52.3 Å². The summed E-state index contributed by atoms with van der Waals surface area (Å²) in [5.41, 5.74) is 0.472. The minimum absolute atomic E-state index is 0. The van der Waals surface area contributed by atoms with Crippen LogP contribution in [-0.2, 0) is 48.3 Å². The average Bonchev–Trinajstić information content (AvgIpc) is 3.38. The van der Waals surface area contributed by atoms with Crippen LogP contribution in [0.25, 0.3) is 32.3 Å². The van der Waals surface area contributed by atoms with E-state index in [9.17, 15) is 64.7 Å². The summed E-state index contributed by atoms with van der Waals surface area (Å²) in [5, 5.41) is 50.6. The summed E-state index contributed by atoms with van der Waals surface area (Å²) in [5.74, 6) is -3.56. The van der Waals surface area contributed by atoms with Crippen LogP contribution < -0.4 is 77.4 Å². The minimum Gasteiger partial charge on any atom is -0.554 e. The molecule has 0 saturated heterocycles. The van der Waals surface area contributed by atoms with Crippen LogP contribution >= 0.6 is 42.5 Å². The molecule has 25 nitrogen and oxygen atoms in total. The van der Waals surface area contributed by atoms with Crippen molar-refractivity contribution in [3.8, 4) is 0 Å². The molecule has 32 heteroatoms. The van der Waals surface area contributed by atoms with Gasteiger partial charge in [0.05, 0.1) is 41.7 Å². The number of amides is 3. The van der Waals surface area contributed by atoms with Crippen LogP contribution in [0, 0.1) is 20.2 Å². The fourth-order valence-electron chi connectivity index (χ4n) is 6.82. The summed E-state index contributed by atoms with van der Waals surface area (Å²) in [7, 11) is -6.97. The number of non-ortho nitro benzene ring substituents is 2. The van der Waals surface area contributed by atoms with E-state index < -0.39 is 69.2 Å². The number of hydrogen-bond acceptors (Lipinski definition) is 18. The number of carboxylic acid groups (broad SMARTS) is 3. The van der Waals surface area contributed by atoms with Gasteiger partial charge in [-0.15, -0.1) is 0 Å². The summed E-state index contributed by atoms with van der Waals surface area (Å²) in [6.07, 6.45) is 0. The Balaban J connectivity index is 0.000000549. The fourth-order valence-corrected chi connectivity index (χ4v) is 10.9. The molecule has 0 radical (unpaired) electrons. The maximum atomic E-state index is 12.6. The van der Waals surface area contributed by atoms with Gasteiger partial charge < -0.3 is 31.6 Å². The summed E-state index contributed by atoms with van der Waals surface area (Å²) < 4.78 is 77.5. The van der Waals surface area contributed by atoms with Gasteiger partial charge in [-0.05, 0) is 89.0 Å². The molecular formula is C51H44Br2ClKN6O19S3. The zero-order valence-electron chi connectivity index (χ0n) is 43.4. The van der Waals surface area contributed by atoms with Gasteiger partial charge in [-0.1, -0.05) is 105 Å². The van der Waals surface area contributed by atoms with Gasteiger partial charge in [-0.3, -0.25) is 39.4 Å². The number of nitro groups is 2. The molecule has 432 valence electrons. The minimum atomic E-state index is -4.15. The number of sulfonamides is 2. The summed E-state index contributed by atoms with van der Waals surface area (Å²) in [4.78, 5) is 82.3. The molecular weight excluding hydrogens is 1330 g/mol. The Morgan fingerprint density at radius 3 is 1.17 bits per heavy atom. The molecule has 0 aliphatic heterocycles. The maximum absolute atomic E-state index is 12.6. The van der Waals surface area contributed by atoms with Crippen LogP contribution in [0.4, 0.5) is 17.1 Å². The number of carbonyl (C=O) groups excluding carboxylic acids is 4. The number of benzene rings is 8. The molecule has 0 bridgehead atoms. The van der Waals surface area contributed by atoms with Crippen LogP contribution in [0.3, 0.4) is 0 Å². The van der Waals surface area contributed by atoms with Gasteiger partial charge in [0, 0.05) is 70.0 Å².